The fraction of sp³-hybridized carbons (Fsp3) is 0.353. The van der Waals surface area contributed by atoms with Gasteiger partial charge >= 0.3 is 5.97 Å². The van der Waals surface area contributed by atoms with Crippen LogP contribution in [0.4, 0.5) is 5.69 Å². The fourth-order valence-corrected chi connectivity index (χ4v) is 3.27. The molecule has 26 heavy (non-hydrogen) atoms. The third kappa shape index (κ3) is 3.28. The summed E-state index contributed by atoms with van der Waals surface area (Å²) < 4.78 is 1.36. The Labute approximate surface area is 149 Å². The molecule has 1 aromatic heterocycles. The lowest BCUT2D eigenvalue weighted by Gasteiger charge is -2.36. The molecule has 1 aliphatic heterocycles. The van der Waals surface area contributed by atoms with Crippen molar-refractivity contribution in [2.75, 3.05) is 6.54 Å². The second-order valence-electron chi connectivity index (χ2n) is 6.32. The molecule has 0 spiro atoms. The predicted molar refractivity (Wildman–Crippen MR) is 91.1 cm³/mol. The molecule has 0 saturated carbocycles. The minimum atomic E-state index is -1.02. The van der Waals surface area contributed by atoms with Crippen LogP contribution in [0.15, 0.2) is 36.5 Å². The van der Waals surface area contributed by atoms with Gasteiger partial charge in [0.25, 0.3) is 11.6 Å². The highest BCUT2D eigenvalue weighted by Gasteiger charge is 2.38. The molecule has 1 saturated heterocycles. The smallest absolute Gasteiger partial charge is 0.326 e. The lowest BCUT2D eigenvalue weighted by Crippen LogP contribution is -2.52. The van der Waals surface area contributed by atoms with Crippen molar-refractivity contribution in [2.24, 2.45) is 5.92 Å². The molecule has 1 N–H and O–H groups in total. The monoisotopic (exact) mass is 358 g/mol. The summed E-state index contributed by atoms with van der Waals surface area (Å²) in [5, 5.41) is 24.5. The number of benzene rings is 1. The second kappa shape index (κ2) is 6.95. The molecule has 0 radical (unpaired) electrons. The number of amides is 1. The quantitative estimate of drug-likeness (QED) is 0.660. The number of nitro benzene ring substituents is 1. The largest absolute Gasteiger partial charge is 0.480 e. The fourth-order valence-electron chi connectivity index (χ4n) is 3.27. The number of nitro groups is 1. The van der Waals surface area contributed by atoms with Gasteiger partial charge in [-0.15, -0.1) is 0 Å². The first kappa shape index (κ1) is 17.6. The van der Waals surface area contributed by atoms with Gasteiger partial charge in [0, 0.05) is 24.9 Å². The first-order valence-electron chi connectivity index (χ1n) is 8.23. The van der Waals surface area contributed by atoms with Gasteiger partial charge in [0.05, 0.1) is 10.6 Å². The summed E-state index contributed by atoms with van der Waals surface area (Å²) in [6.45, 7) is 2.18. The molecule has 1 fully saturated rings. The van der Waals surface area contributed by atoms with Crippen LogP contribution < -0.4 is 0 Å². The molecule has 136 valence electrons. The average Bonchev–Trinajstić information content (AvgIpc) is 3.10. The van der Waals surface area contributed by atoms with Crippen LogP contribution in [0.5, 0.6) is 0 Å². The summed E-state index contributed by atoms with van der Waals surface area (Å²) in [4.78, 5) is 36.0. The lowest BCUT2D eigenvalue weighted by atomic mass is 9.90. The van der Waals surface area contributed by atoms with E-state index in [-0.39, 0.29) is 17.3 Å². The highest BCUT2D eigenvalue weighted by Crippen LogP contribution is 2.25. The van der Waals surface area contributed by atoms with Gasteiger partial charge in [-0.1, -0.05) is 13.0 Å². The van der Waals surface area contributed by atoms with Gasteiger partial charge in [0.2, 0.25) is 0 Å². The molecule has 2 atom stereocenters. The number of nitrogens with zero attached hydrogens (tertiary/aromatic N) is 4. The van der Waals surface area contributed by atoms with E-state index in [1.165, 1.54) is 40.0 Å². The molecule has 1 aliphatic rings. The van der Waals surface area contributed by atoms with Crippen LogP contribution >= 0.6 is 0 Å². The number of hydrogen-bond donors (Lipinski definition) is 1. The Morgan fingerprint density at radius 1 is 1.35 bits per heavy atom. The zero-order valence-electron chi connectivity index (χ0n) is 14.1. The Kier molecular flexibility index (Phi) is 4.70. The molecule has 1 aromatic carbocycles. The van der Waals surface area contributed by atoms with Crippen molar-refractivity contribution in [3.63, 3.8) is 0 Å². The Morgan fingerprint density at radius 2 is 2.12 bits per heavy atom. The van der Waals surface area contributed by atoms with Crippen molar-refractivity contribution in [1.82, 2.24) is 14.7 Å². The Hall–Kier alpha value is -3.23. The number of likely N-dealkylation sites (tertiary alicyclic amines) is 1. The summed E-state index contributed by atoms with van der Waals surface area (Å²) in [5.74, 6) is -1.61. The van der Waals surface area contributed by atoms with Gasteiger partial charge in [-0.05, 0) is 30.9 Å². The van der Waals surface area contributed by atoms with Gasteiger partial charge in [-0.25, -0.2) is 9.48 Å². The summed E-state index contributed by atoms with van der Waals surface area (Å²) in [5.41, 5.74) is 0.471. The van der Waals surface area contributed by atoms with E-state index < -0.39 is 22.8 Å². The summed E-state index contributed by atoms with van der Waals surface area (Å²) in [6, 6.07) is 6.50. The topological polar surface area (TPSA) is 119 Å². The van der Waals surface area contributed by atoms with Crippen LogP contribution in [0.2, 0.25) is 0 Å². The summed E-state index contributed by atoms with van der Waals surface area (Å²) in [7, 11) is 0. The van der Waals surface area contributed by atoms with Crippen LogP contribution in [0.25, 0.3) is 5.69 Å². The number of rotatable bonds is 4. The van der Waals surface area contributed by atoms with E-state index in [1.807, 2.05) is 6.92 Å². The minimum absolute atomic E-state index is 0.0818. The number of hydrogen-bond acceptors (Lipinski definition) is 5. The first-order valence-corrected chi connectivity index (χ1v) is 8.23. The minimum Gasteiger partial charge on any atom is -0.480 e. The highest BCUT2D eigenvalue weighted by molar-refractivity contribution is 5.95. The molecule has 2 heterocycles. The second-order valence-corrected chi connectivity index (χ2v) is 6.32. The molecule has 9 heteroatoms. The van der Waals surface area contributed by atoms with Crippen molar-refractivity contribution in [1.29, 1.82) is 0 Å². The van der Waals surface area contributed by atoms with E-state index in [0.29, 0.717) is 12.2 Å². The molecule has 2 unspecified atom stereocenters. The number of carbonyl (C=O) groups is 2. The van der Waals surface area contributed by atoms with Crippen molar-refractivity contribution >= 4 is 17.6 Å². The maximum Gasteiger partial charge on any atom is 0.326 e. The maximum absolute atomic E-state index is 12.8. The van der Waals surface area contributed by atoms with E-state index in [1.54, 1.807) is 6.07 Å². The number of aliphatic carboxylic acids is 1. The highest BCUT2D eigenvalue weighted by atomic mass is 16.6. The number of non-ortho nitro benzene ring substituents is 1. The zero-order valence-corrected chi connectivity index (χ0v) is 14.1. The van der Waals surface area contributed by atoms with Gasteiger partial charge in [-0.2, -0.15) is 5.10 Å². The van der Waals surface area contributed by atoms with E-state index in [4.69, 9.17) is 0 Å². The number of carbonyl (C=O) groups excluding carboxylic acids is 1. The molecular formula is C17H18N4O5. The summed E-state index contributed by atoms with van der Waals surface area (Å²) in [6.07, 6.45) is 3.01. The maximum atomic E-state index is 12.8. The van der Waals surface area contributed by atoms with Gasteiger partial charge in [0.15, 0.2) is 5.69 Å². The van der Waals surface area contributed by atoms with Crippen molar-refractivity contribution < 1.29 is 19.6 Å². The number of carboxylic acid groups (broad SMARTS) is 1. The third-order valence-corrected chi connectivity index (χ3v) is 4.56. The molecule has 1 amide bonds. The Morgan fingerprint density at radius 3 is 2.81 bits per heavy atom. The third-order valence-electron chi connectivity index (χ3n) is 4.56. The van der Waals surface area contributed by atoms with E-state index in [2.05, 4.69) is 5.10 Å². The number of piperidine rings is 1. The molecule has 2 aromatic rings. The van der Waals surface area contributed by atoms with E-state index >= 15 is 0 Å². The van der Waals surface area contributed by atoms with E-state index in [0.717, 1.165) is 12.8 Å². The van der Waals surface area contributed by atoms with Crippen LogP contribution in [0.1, 0.15) is 30.3 Å². The SMILES string of the molecule is CC1CCCN(C(=O)c2ccn(-c3cccc([N+](=O)[O-])c3)n2)C1C(=O)O. The standard InChI is InChI=1S/C17H18N4O5/c1-11-4-3-8-19(15(11)17(23)24)16(22)14-7-9-20(18-14)12-5-2-6-13(10-12)21(25)26/h2,5-7,9-11,15H,3-4,8H2,1H3,(H,23,24). The van der Waals surface area contributed by atoms with Crippen LogP contribution in [0.3, 0.4) is 0 Å². The first-order chi connectivity index (χ1) is 12.4. The van der Waals surface area contributed by atoms with Crippen LogP contribution in [-0.4, -0.2) is 49.2 Å². The van der Waals surface area contributed by atoms with E-state index in [9.17, 15) is 24.8 Å². The van der Waals surface area contributed by atoms with Crippen molar-refractivity contribution in [3.8, 4) is 5.69 Å². The summed E-state index contributed by atoms with van der Waals surface area (Å²) >= 11 is 0. The normalized spacial score (nSPS) is 20.0. The van der Waals surface area contributed by atoms with Gasteiger partial charge in [0.1, 0.15) is 6.04 Å². The van der Waals surface area contributed by atoms with Crippen molar-refractivity contribution in [2.45, 2.75) is 25.8 Å². The van der Waals surface area contributed by atoms with Crippen LogP contribution in [0, 0.1) is 16.0 Å². The Bertz CT molecular complexity index is 862. The predicted octanol–water partition coefficient (Wildman–Crippen LogP) is 2.11. The molecule has 0 bridgehead atoms. The number of carboxylic acids is 1. The van der Waals surface area contributed by atoms with Crippen LogP contribution in [-0.2, 0) is 4.79 Å². The van der Waals surface area contributed by atoms with Crippen molar-refractivity contribution in [3.05, 3.63) is 52.3 Å². The number of aromatic nitrogens is 2. The molecular weight excluding hydrogens is 340 g/mol. The molecule has 9 nitrogen and oxygen atoms in total. The zero-order chi connectivity index (χ0) is 18.8. The van der Waals surface area contributed by atoms with Gasteiger partial charge < -0.3 is 10.0 Å². The molecule has 3 rings (SSSR count). The average molecular weight is 358 g/mol. The molecule has 0 aliphatic carbocycles. The lowest BCUT2D eigenvalue weighted by molar-refractivity contribution is -0.384. The van der Waals surface area contributed by atoms with Gasteiger partial charge in [-0.3, -0.25) is 14.9 Å². The Balaban J connectivity index is 1.87.